The van der Waals surface area contributed by atoms with E-state index < -0.39 is 0 Å². The van der Waals surface area contributed by atoms with Gasteiger partial charge in [-0.05, 0) is 17.5 Å². The number of ether oxygens (including phenoxy) is 2. The number of nitrogens with two attached hydrogens (primary N) is 1. The molecule has 0 bridgehead atoms. The second kappa shape index (κ2) is 9.61. The Morgan fingerprint density at radius 1 is 1.17 bits per heavy atom. The van der Waals surface area contributed by atoms with Crippen LogP contribution in [0.2, 0.25) is 10.0 Å². The standard InChI is InChI=1S/C25H24Cl2N6O2/c1-25(2)12-33(13-25)24-14(7-28)4-15(8-32-24)23(30)16-5-22(21(34-3)6-20(16)29)35-11-17-18(26)9-31-10-19(17)27/h4-6,8-10,30H,11-13,29H2,1-3H3. The lowest BCUT2D eigenvalue weighted by Gasteiger charge is -2.46. The summed E-state index contributed by atoms with van der Waals surface area (Å²) in [4.78, 5) is 10.5. The van der Waals surface area contributed by atoms with Gasteiger partial charge in [-0.15, -0.1) is 0 Å². The minimum atomic E-state index is 0.0637. The summed E-state index contributed by atoms with van der Waals surface area (Å²) in [6.45, 7) is 6.05. The van der Waals surface area contributed by atoms with E-state index in [2.05, 4.69) is 34.8 Å². The monoisotopic (exact) mass is 510 g/mol. The van der Waals surface area contributed by atoms with Crippen LogP contribution in [0, 0.1) is 22.2 Å². The highest BCUT2D eigenvalue weighted by Crippen LogP contribution is 2.36. The molecule has 3 aromatic rings. The molecule has 4 rings (SSSR count). The molecule has 0 saturated carbocycles. The van der Waals surface area contributed by atoms with Gasteiger partial charge in [-0.1, -0.05) is 37.0 Å². The molecule has 1 fully saturated rings. The first-order valence-corrected chi connectivity index (χ1v) is 11.5. The number of hydrogen-bond acceptors (Lipinski definition) is 8. The number of halogens is 2. The van der Waals surface area contributed by atoms with Crippen molar-refractivity contribution in [3.63, 3.8) is 0 Å². The smallest absolute Gasteiger partial charge is 0.162 e. The van der Waals surface area contributed by atoms with Gasteiger partial charge in [0.05, 0.1) is 28.4 Å². The Hall–Kier alpha value is -3.54. The molecule has 0 spiro atoms. The first kappa shape index (κ1) is 24.6. The first-order valence-electron chi connectivity index (χ1n) is 10.8. The molecule has 0 atom stereocenters. The van der Waals surface area contributed by atoms with Crippen LogP contribution in [0.5, 0.6) is 11.5 Å². The summed E-state index contributed by atoms with van der Waals surface area (Å²) in [5.41, 5.74) is 8.74. The van der Waals surface area contributed by atoms with E-state index in [1.165, 1.54) is 19.5 Å². The molecule has 35 heavy (non-hydrogen) atoms. The van der Waals surface area contributed by atoms with E-state index in [0.717, 1.165) is 13.1 Å². The van der Waals surface area contributed by atoms with E-state index >= 15 is 0 Å². The van der Waals surface area contributed by atoms with Crippen molar-refractivity contribution >= 4 is 40.4 Å². The summed E-state index contributed by atoms with van der Waals surface area (Å²) < 4.78 is 11.4. The third kappa shape index (κ3) is 4.97. The lowest BCUT2D eigenvalue weighted by molar-refractivity contribution is 0.274. The van der Waals surface area contributed by atoms with Gasteiger partial charge in [0, 0.05) is 60.1 Å². The maximum absolute atomic E-state index is 9.71. The summed E-state index contributed by atoms with van der Waals surface area (Å²) in [5, 5.41) is 19.2. The van der Waals surface area contributed by atoms with Crippen molar-refractivity contribution < 1.29 is 9.47 Å². The quantitative estimate of drug-likeness (QED) is 0.335. The zero-order valence-electron chi connectivity index (χ0n) is 19.5. The first-order chi connectivity index (χ1) is 16.6. The van der Waals surface area contributed by atoms with Gasteiger partial charge in [0.1, 0.15) is 18.5 Å². The van der Waals surface area contributed by atoms with E-state index in [0.29, 0.717) is 55.3 Å². The van der Waals surface area contributed by atoms with Crippen molar-refractivity contribution in [2.45, 2.75) is 20.5 Å². The molecule has 0 amide bonds. The number of nitrogens with zero attached hydrogens (tertiary/aromatic N) is 4. The van der Waals surface area contributed by atoms with Crippen molar-refractivity contribution in [1.82, 2.24) is 9.97 Å². The fraction of sp³-hybridized carbons (Fsp3) is 0.280. The molecule has 0 radical (unpaired) electrons. The summed E-state index contributed by atoms with van der Waals surface area (Å²) in [7, 11) is 1.50. The molecule has 2 aromatic heterocycles. The van der Waals surface area contributed by atoms with Gasteiger partial charge in [-0.3, -0.25) is 10.4 Å². The van der Waals surface area contributed by atoms with Crippen LogP contribution in [0.4, 0.5) is 11.5 Å². The zero-order chi connectivity index (χ0) is 25.3. The largest absolute Gasteiger partial charge is 0.493 e. The average molecular weight is 511 g/mol. The third-order valence-electron chi connectivity index (χ3n) is 5.74. The maximum Gasteiger partial charge on any atom is 0.162 e. The van der Waals surface area contributed by atoms with Crippen molar-refractivity contribution in [2.75, 3.05) is 30.8 Å². The van der Waals surface area contributed by atoms with Crippen molar-refractivity contribution in [1.29, 1.82) is 10.7 Å². The second-order valence-corrected chi connectivity index (χ2v) is 9.88. The van der Waals surface area contributed by atoms with Crippen LogP contribution in [0.25, 0.3) is 0 Å². The predicted octanol–water partition coefficient (Wildman–Crippen LogP) is 5.09. The summed E-state index contributed by atoms with van der Waals surface area (Å²) in [6.07, 6.45) is 4.56. The molecular weight excluding hydrogens is 487 g/mol. The van der Waals surface area contributed by atoms with Gasteiger partial charge < -0.3 is 20.1 Å². The van der Waals surface area contributed by atoms with Crippen LogP contribution in [0.1, 0.15) is 36.1 Å². The van der Waals surface area contributed by atoms with E-state index in [1.54, 1.807) is 24.4 Å². The summed E-state index contributed by atoms with van der Waals surface area (Å²) in [5.74, 6) is 1.38. The molecule has 0 unspecified atom stereocenters. The number of rotatable bonds is 7. The molecule has 3 N–H and O–H groups in total. The van der Waals surface area contributed by atoms with Crippen LogP contribution < -0.4 is 20.1 Å². The molecule has 1 aromatic carbocycles. The minimum absolute atomic E-state index is 0.0637. The number of nitrogens with one attached hydrogen (secondary N) is 1. The topological polar surface area (TPSA) is 121 Å². The number of anilines is 2. The van der Waals surface area contributed by atoms with E-state index in [9.17, 15) is 5.26 Å². The molecule has 180 valence electrons. The van der Waals surface area contributed by atoms with Gasteiger partial charge in [0.25, 0.3) is 0 Å². The van der Waals surface area contributed by atoms with E-state index in [-0.39, 0.29) is 17.7 Å². The second-order valence-electron chi connectivity index (χ2n) is 9.06. The molecule has 8 nitrogen and oxygen atoms in total. The molecule has 1 aliphatic heterocycles. The Kier molecular flexibility index (Phi) is 6.75. The third-order valence-corrected chi connectivity index (χ3v) is 6.39. The van der Waals surface area contributed by atoms with Crippen molar-refractivity contribution in [2.24, 2.45) is 5.41 Å². The fourth-order valence-corrected chi connectivity index (χ4v) is 4.48. The highest BCUT2D eigenvalue weighted by Gasteiger charge is 2.36. The Labute approximate surface area is 213 Å². The molecular formula is C25H24Cl2N6O2. The average Bonchev–Trinajstić information content (AvgIpc) is 2.81. The number of aromatic nitrogens is 2. The number of benzene rings is 1. The van der Waals surface area contributed by atoms with Crippen molar-refractivity contribution in [3.05, 3.63) is 69.1 Å². The summed E-state index contributed by atoms with van der Waals surface area (Å²) >= 11 is 12.4. The van der Waals surface area contributed by atoms with Gasteiger partial charge >= 0.3 is 0 Å². The van der Waals surface area contributed by atoms with E-state index in [1.807, 2.05) is 0 Å². The zero-order valence-corrected chi connectivity index (χ0v) is 21.0. The predicted molar refractivity (Wildman–Crippen MR) is 137 cm³/mol. The van der Waals surface area contributed by atoms with E-state index in [4.69, 9.17) is 43.8 Å². The van der Waals surface area contributed by atoms with Gasteiger partial charge in [-0.2, -0.15) is 5.26 Å². The van der Waals surface area contributed by atoms with Crippen molar-refractivity contribution in [3.8, 4) is 17.6 Å². The van der Waals surface area contributed by atoms with Gasteiger partial charge in [0.2, 0.25) is 0 Å². The summed E-state index contributed by atoms with van der Waals surface area (Å²) in [6, 6.07) is 7.08. The Morgan fingerprint density at radius 3 is 2.46 bits per heavy atom. The van der Waals surface area contributed by atoms with Crippen LogP contribution in [0.3, 0.4) is 0 Å². The van der Waals surface area contributed by atoms with Crippen LogP contribution in [-0.4, -0.2) is 35.9 Å². The van der Waals surface area contributed by atoms with Gasteiger partial charge in [0.15, 0.2) is 11.5 Å². The van der Waals surface area contributed by atoms with Crippen LogP contribution >= 0.6 is 23.2 Å². The molecule has 1 saturated heterocycles. The highest BCUT2D eigenvalue weighted by atomic mass is 35.5. The number of nitrogen functional groups attached to an aromatic ring is 1. The Bertz CT molecular complexity index is 1320. The van der Waals surface area contributed by atoms with Crippen LogP contribution in [-0.2, 0) is 6.61 Å². The number of hydrogen-bond donors (Lipinski definition) is 2. The number of methoxy groups -OCH3 is 1. The molecule has 1 aliphatic rings. The fourth-order valence-electron chi connectivity index (χ4n) is 4.01. The minimum Gasteiger partial charge on any atom is -0.493 e. The Balaban J connectivity index is 1.63. The number of nitriles is 1. The Morgan fingerprint density at radius 2 is 1.86 bits per heavy atom. The molecule has 3 heterocycles. The normalized spacial score (nSPS) is 14.1. The highest BCUT2D eigenvalue weighted by molar-refractivity contribution is 6.35. The van der Waals surface area contributed by atoms with Crippen LogP contribution in [0.15, 0.2) is 36.8 Å². The maximum atomic E-state index is 9.71. The number of pyridine rings is 2. The lowest BCUT2D eigenvalue weighted by Crippen LogP contribution is -2.53. The SMILES string of the molecule is COc1cc(N)c(C(=N)c2cnc(N3CC(C)(C)C3)c(C#N)c2)cc1OCc1c(Cl)cncc1Cl. The molecule has 0 aliphatic carbocycles. The molecule has 10 heteroatoms. The lowest BCUT2D eigenvalue weighted by atomic mass is 9.84. The van der Waals surface area contributed by atoms with Gasteiger partial charge in [-0.25, -0.2) is 4.98 Å².